The summed E-state index contributed by atoms with van der Waals surface area (Å²) in [5.74, 6) is -1.22. The second-order valence-corrected chi connectivity index (χ2v) is 5.56. The van der Waals surface area contributed by atoms with Gasteiger partial charge in [-0.2, -0.15) is 0 Å². The first-order chi connectivity index (χ1) is 7.91. The number of likely N-dealkylation sites (tertiary alicyclic amines) is 1. The summed E-state index contributed by atoms with van der Waals surface area (Å²) in [5, 5.41) is 10.3. The molecular formula is C12H14BrF2NO. The molecule has 0 aromatic heterocycles. The third-order valence-corrected chi connectivity index (χ3v) is 3.78. The highest BCUT2D eigenvalue weighted by molar-refractivity contribution is 9.10. The van der Waals surface area contributed by atoms with E-state index in [9.17, 15) is 13.9 Å². The molecule has 0 spiro atoms. The highest BCUT2D eigenvalue weighted by Crippen LogP contribution is 2.29. The molecule has 1 aliphatic heterocycles. The summed E-state index contributed by atoms with van der Waals surface area (Å²) < 4.78 is 27.6. The highest BCUT2D eigenvalue weighted by Gasteiger charge is 2.36. The van der Waals surface area contributed by atoms with E-state index in [0.29, 0.717) is 13.0 Å². The average molecular weight is 306 g/mol. The molecule has 17 heavy (non-hydrogen) atoms. The predicted octanol–water partition coefficient (Wildman–Crippen LogP) is 2.34. The summed E-state index contributed by atoms with van der Waals surface area (Å²) in [4.78, 5) is 1.95. The number of halogens is 3. The largest absolute Gasteiger partial charge is 0.388 e. The molecule has 1 saturated heterocycles. The Balaban J connectivity index is 2.27. The highest BCUT2D eigenvalue weighted by atomic mass is 79.9. The van der Waals surface area contributed by atoms with Crippen LogP contribution in [0.2, 0.25) is 0 Å². The van der Waals surface area contributed by atoms with Crippen molar-refractivity contribution >= 4 is 15.9 Å². The van der Waals surface area contributed by atoms with Gasteiger partial charge in [-0.15, -0.1) is 0 Å². The van der Waals surface area contributed by atoms with Crippen LogP contribution in [0.15, 0.2) is 16.6 Å². The third-order valence-electron chi connectivity index (χ3n) is 3.17. The van der Waals surface area contributed by atoms with Gasteiger partial charge in [-0.25, -0.2) is 8.78 Å². The fourth-order valence-electron chi connectivity index (χ4n) is 2.26. The van der Waals surface area contributed by atoms with Crippen molar-refractivity contribution in [2.24, 2.45) is 0 Å². The number of rotatable bonds is 2. The zero-order valence-corrected chi connectivity index (χ0v) is 11.1. The van der Waals surface area contributed by atoms with Crippen molar-refractivity contribution in [3.05, 3.63) is 33.8 Å². The van der Waals surface area contributed by atoms with Crippen molar-refractivity contribution in [3.63, 3.8) is 0 Å². The fraction of sp³-hybridized carbons (Fsp3) is 0.500. The van der Waals surface area contributed by atoms with E-state index in [-0.39, 0.29) is 16.5 Å². The van der Waals surface area contributed by atoms with Crippen LogP contribution in [0.4, 0.5) is 8.78 Å². The van der Waals surface area contributed by atoms with Crippen LogP contribution >= 0.6 is 15.9 Å². The standard InChI is InChI=1S/C12H14BrF2NO/c1-16-5-4-12(17,7-16)6-8-10(14)3-2-9(13)11(8)15/h2-3,17H,4-7H2,1H3. The molecule has 94 valence electrons. The van der Waals surface area contributed by atoms with Crippen LogP contribution in [0.5, 0.6) is 0 Å². The lowest BCUT2D eigenvalue weighted by Gasteiger charge is -2.23. The fourth-order valence-corrected chi connectivity index (χ4v) is 2.64. The van der Waals surface area contributed by atoms with E-state index in [0.717, 1.165) is 6.54 Å². The van der Waals surface area contributed by atoms with E-state index < -0.39 is 17.2 Å². The Hall–Kier alpha value is -0.520. The van der Waals surface area contributed by atoms with Gasteiger partial charge in [0.2, 0.25) is 0 Å². The Kier molecular flexibility index (Phi) is 3.52. The minimum Gasteiger partial charge on any atom is -0.388 e. The number of aliphatic hydroxyl groups is 1. The zero-order valence-electron chi connectivity index (χ0n) is 9.51. The Morgan fingerprint density at radius 1 is 1.47 bits per heavy atom. The smallest absolute Gasteiger partial charge is 0.143 e. The van der Waals surface area contributed by atoms with Crippen molar-refractivity contribution in [1.82, 2.24) is 4.90 Å². The number of nitrogens with zero attached hydrogens (tertiary/aromatic N) is 1. The van der Waals surface area contributed by atoms with Crippen LogP contribution in [0.25, 0.3) is 0 Å². The normalized spacial score (nSPS) is 25.5. The van der Waals surface area contributed by atoms with Crippen molar-refractivity contribution < 1.29 is 13.9 Å². The molecule has 1 fully saturated rings. The van der Waals surface area contributed by atoms with Crippen molar-refractivity contribution in [2.75, 3.05) is 20.1 Å². The molecule has 0 amide bonds. The predicted molar refractivity (Wildman–Crippen MR) is 64.8 cm³/mol. The molecule has 0 saturated carbocycles. The number of β-amino-alcohol motifs (C(OH)–C–C–N with tert-alkyl or cyclic N) is 1. The Morgan fingerprint density at radius 2 is 2.18 bits per heavy atom. The Bertz CT molecular complexity index is 441. The van der Waals surface area contributed by atoms with Crippen LogP contribution in [0.1, 0.15) is 12.0 Å². The summed E-state index contributed by atoms with van der Waals surface area (Å²) in [6.45, 7) is 1.19. The van der Waals surface area contributed by atoms with Crippen LogP contribution in [0, 0.1) is 11.6 Å². The minimum atomic E-state index is -1.03. The average Bonchev–Trinajstić information content (AvgIpc) is 2.60. The van der Waals surface area contributed by atoms with E-state index in [1.54, 1.807) is 0 Å². The molecule has 1 heterocycles. The second-order valence-electron chi connectivity index (χ2n) is 4.71. The number of likely N-dealkylation sites (N-methyl/N-ethyl adjacent to an activating group) is 1. The molecule has 1 N–H and O–H groups in total. The SMILES string of the molecule is CN1CCC(O)(Cc2c(F)ccc(Br)c2F)C1. The Morgan fingerprint density at radius 3 is 2.76 bits per heavy atom. The first-order valence-corrected chi connectivity index (χ1v) is 6.24. The molecular weight excluding hydrogens is 292 g/mol. The van der Waals surface area contributed by atoms with Gasteiger partial charge >= 0.3 is 0 Å². The summed E-state index contributed by atoms with van der Waals surface area (Å²) in [6, 6.07) is 2.55. The monoisotopic (exact) mass is 305 g/mol. The molecule has 1 aromatic rings. The Labute approximate surface area is 107 Å². The van der Waals surface area contributed by atoms with Gasteiger partial charge in [-0.05, 0) is 41.5 Å². The lowest BCUT2D eigenvalue weighted by Crippen LogP contribution is -2.35. The lowest BCUT2D eigenvalue weighted by molar-refractivity contribution is 0.0505. The molecule has 1 atom stereocenters. The third kappa shape index (κ3) is 2.67. The molecule has 1 aromatic carbocycles. The quantitative estimate of drug-likeness (QED) is 0.848. The number of hydrogen-bond donors (Lipinski definition) is 1. The number of hydrogen-bond acceptors (Lipinski definition) is 2. The van der Waals surface area contributed by atoms with Gasteiger partial charge in [-0.3, -0.25) is 0 Å². The molecule has 0 radical (unpaired) electrons. The maximum Gasteiger partial charge on any atom is 0.143 e. The lowest BCUT2D eigenvalue weighted by atomic mass is 9.93. The van der Waals surface area contributed by atoms with Gasteiger partial charge in [0.05, 0.1) is 10.1 Å². The van der Waals surface area contributed by atoms with Crippen LogP contribution in [0.3, 0.4) is 0 Å². The van der Waals surface area contributed by atoms with E-state index >= 15 is 0 Å². The van der Waals surface area contributed by atoms with E-state index in [1.807, 2.05) is 11.9 Å². The van der Waals surface area contributed by atoms with Gasteiger partial charge in [0, 0.05) is 25.1 Å². The van der Waals surface area contributed by atoms with Crippen molar-refractivity contribution in [3.8, 4) is 0 Å². The molecule has 2 nitrogen and oxygen atoms in total. The molecule has 5 heteroatoms. The van der Waals surface area contributed by atoms with Gasteiger partial charge < -0.3 is 10.0 Å². The maximum atomic E-state index is 13.8. The van der Waals surface area contributed by atoms with Crippen LogP contribution in [-0.2, 0) is 6.42 Å². The first kappa shape index (κ1) is 12.9. The molecule has 2 rings (SSSR count). The van der Waals surface area contributed by atoms with Crippen LogP contribution < -0.4 is 0 Å². The first-order valence-electron chi connectivity index (χ1n) is 5.45. The van der Waals surface area contributed by atoms with E-state index in [4.69, 9.17) is 0 Å². The minimum absolute atomic E-state index is 0.00838. The summed E-state index contributed by atoms with van der Waals surface area (Å²) in [5.41, 5.74) is -1.07. The van der Waals surface area contributed by atoms with E-state index in [2.05, 4.69) is 15.9 Å². The van der Waals surface area contributed by atoms with Crippen molar-refractivity contribution in [2.45, 2.75) is 18.4 Å². The number of benzene rings is 1. The van der Waals surface area contributed by atoms with Gasteiger partial charge in [0.1, 0.15) is 11.6 Å². The molecule has 0 bridgehead atoms. The topological polar surface area (TPSA) is 23.5 Å². The molecule has 1 aliphatic rings. The van der Waals surface area contributed by atoms with Gasteiger partial charge in [-0.1, -0.05) is 0 Å². The van der Waals surface area contributed by atoms with Crippen LogP contribution in [-0.4, -0.2) is 35.7 Å². The molecule has 0 aliphatic carbocycles. The van der Waals surface area contributed by atoms with Gasteiger partial charge in [0.15, 0.2) is 0 Å². The van der Waals surface area contributed by atoms with Crippen molar-refractivity contribution in [1.29, 1.82) is 0 Å². The summed E-state index contributed by atoms with van der Waals surface area (Å²) in [7, 11) is 1.88. The zero-order chi connectivity index (χ0) is 12.6. The van der Waals surface area contributed by atoms with E-state index in [1.165, 1.54) is 12.1 Å². The maximum absolute atomic E-state index is 13.8. The molecule has 1 unspecified atom stereocenters. The summed E-state index contributed by atoms with van der Waals surface area (Å²) in [6.07, 6.45) is 0.545. The summed E-state index contributed by atoms with van der Waals surface area (Å²) >= 11 is 3.03. The van der Waals surface area contributed by atoms with Gasteiger partial charge in [0.25, 0.3) is 0 Å². The second kappa shape index (κ2) is 4.63.